The predicted molar refractivity (Wildman–Crippen MR) is 555 cm³/mol. The van der Waals surface area contributed by atoms with Crippen molar-refractivity contribution < 1.29 is 63.1 Å². The molecule has 19 heteroatoms. The number of nitrogens with zero attached hydrogens (tertiary/aromatic N) is 3. The molecule has 24 fully saturated rings. The monoisotopic (exact) mass is 1940 g/mol. The topological polar surface area (TPSA) is 273 Å². The summed E-state index contributed by atoms with van der Waals surface area (Å²) in [7, 11) is 0. The molecule has 24 aliphatic rings. The van der Waals surface area contributed by atoms with E-state index in [0.29, 0.717) is 122 Å². The molecule has 18 nitrogen and oxygen atoms in total. The van der Waals surface area contributed by atoms with Gasteiger partial charge in [0, 0.05) is 34.9 Å². The van der Waals surface area contributed by atoms with Crippen LogP contribution in [0.3, 0.4) is 0 Å². The van der Waals surface area contributed by atoms with Crippen LogP contribution in [0.5, 0.6) is 0 Å². The van der Waals surface area contributed by atoms with Crippen LogP contribution in [-0.4, -0.2) is 141 Å². The quantitative estimate of drug-likeness (QED) is 0.0616. The van der Waals surface area contributed by atoms with Crippen molar-refractivity contribution >= 4 is 18.2 Å². The van der Waals surface area contributed by atoms with Crippen molar-refractivity contribution in [3.8, 4) is 0 Å². The number of hydrogen-bond donors (Lipinski definition) is 6. The maximum absolute atomic E-state index is 12.7. The summed E-state index contributed by atoms with van der Waals surface area (Å²) in [5.41, 5.74) is 30.8. The average molecular weight is 1940 g/mol. The van der Waals surface area contributed by atoms with E-state index in [1.807, 2.05) is 13.8 Å². The number of azide groups is 1. The molecule has 138 heavy (non-hydrogen) atoms. The van der Waals surface area contributed by atoms with Crippen LogP contribution in [0, 0.1) is 173 Å². The highest BCUT2D eigenvalue weighted by molar-refractivity contribution is 5.87. The summed E-state index contributed by atoms with van der Waals surface area (Å²) in [6.45, 7) is 50.2. The normalized spacial score (nSPS) is 55.1. The first-order valence-corrected chi connectivity index (χ1v) is 55.5. The number of carbonyl (C=O) groups excluding carboxylic acids is 1. The third kappa shape index (κ3) is 16.9. The Balaban J connectivity index is 0.000000130. The average Bonchev–Trinajstić information content (AvgIpc) is 1.51. The lowest BCUT2D eigenvalue weighted by Crippen LogP contribution is -2.64. The van der Waals surface area contributed by atoms with Crippen molar-refractivity contribution in [2.24, 2.45) is 189 Å². The van der Waals surface area contributed by atoms with Crippen LogP contribution in [0.15, 0.2) is 51.7 Å². The third-order valence-electron chi connectivity index (χ3n) is 47.6. The number of ether oxygens (including phenoxy) is 8. The number of aliphatic hydroxyl groups excluding tert-OH is 4. The van der Waals surface area contributed by atoms with Crippen molar-refractivity contribution in [2.45, 2.75) is 521 Å². The van der Waals surface area contributed by atoms with Crippen LogP contribution in [0.4, 0.5) is 0 Å². The Kier molecular flexibility index (Phi) is 30.5. The maximum Gasteiger partial charge on any atom is 0.163 e. The molecule has 0 aromatic heterocycles. The third-order valence-corrected chi connectivity index (χ3v) is 47.6. The molecular weight excluding hydrogens is 1740 g/mol. The van der Waals surface area contributed by atoms with Crippen LogP contribution in [0.25, 0.3) is 10.4 Å². The van der Waals surface area contributed by atoms with Gasteiger partial charge in [-0.05, 0) is 474 Å². The molecule has 0 bridgehead atoms. The fourth-order valence-corrected chi connectivity index (χ4v) is 41.2. The molecular formula is C119H200ClN5O13. The van der Waals surface area contributed by atoms with E-state index in [-0.39, 0.29) is 160 Å². The van der Waals surface area contributed by atoms with E-state index in [9.17, 15) is 25.2 Å². The Morgan fingerprint density at radius 2 is 0.551 bits per heavy atom. The number of fused-ring (bicyclic) bond motifs is 37. The first-order valence-electron chi connectivity index (χ1n) is 55.5. The Morgan fingerprint density at radius 1 is 0.297 bits per heavy atom. The first kappa shape index (κ1) is 110. The molecule has 20 aliphatic carbocycles. The van der Waals surface area contributed by atoms with Crippen molar-refractivity contribution in [3.63, 3.8) is 0 Å². The van der Waals surface area contributed by atoms with Gasteiger partial charge in [-0.25, -0.2) is 0 Å². The Bertz CT molecular complexity index is 4450. The molecule has 4 saturated heterocycles. The number of ketones is 1. The fourth-order valence-electron chi connectivity index (χ4n) is 41.2. The van der Waals surface area contributed by atoms with Gasteiger partial charge in [-0.3, -0.25) is 4.79 Å². The second-order valence-corrected chi connectivity index (χ2v) is 54.5. The number of Topliss-reactive ketones (excluding diaryl/α,β-unsaturated/α-hetero) is 1. The standard InChI is InChI=1S/C24H37N3O2.C24H39NO2.C24H38O3.C22H34O4.C21H35NO2.4CH4.ClH/c1-6-14-7-8-16-19-17(10-12-23(14,16)4)24(5)11-9-15(26-27-25)13-18(24)20-21(19)29-22(2,3)28-20;2*1-6-14-7-8-16-19-17(10-12-23(14,16)4)24(5)11-9-15(25)13-18(24)20-21(19)27-22(2,3)26-20;1-20(2)25-18-15-11-12(23)7-9-21(15,3)14-8-10-22(4)13(5-6-16(22)24)17(14)19(18)26-20;1-4-12-5-6-14-17-15(8-10-20(12,14)2)21(3)9-7-13(22)11-16(21)18(23)19(17)24;;;;;/h6,15-21H,7-13H2,1-5H3;6,15-21H,7-13,25H2,1-5H3;6,15-21,25H,7-13H2,1-5H3;12-15,17-19,23H,5-11H2,1-4H3;4,13-19,23-24H,5-11,22H2,1-3H3;4*1H4;1H/b3*14-6-;;12-4-;;;;;/t2*15-,16?,17?,18?,19?,20-,21-,23-,24-;15-,16?,17?,18?,19?,20+,21+,23+,24+;12-,13?,14?,15?,17?,18+,19+,21+,22-;13-,14?,15?,16?,17?,18-,19-,20-,21-;;;;;/m11001...../s1. The van der Waals surface area contributed by atoms with Gasteiger partial charge in [0.05, 0.1) is 73.2 Å². The number of rotatable bonds is 1. The van der Waals surface area contributed by atoms with E-state index in [2.05, 4.69) is 173 Å². The van der Waals surface area contributed by atoms with E-state index >= 15 is 0 Å². The van der Waals surface area contributed by atoms with Gasteiger partial charge in [-0.2, -0.15) is 0 Å². The molecule has 8 N–H and O–H groups in total. The fraction of sp³-hybridized carbons (Fsp3) is 0.924. The number of hydrogen-bond acceptors (Lipinski definition) is 16. The molecule has 786 valence electrons. The lowest BCUT2D eigenvalue weighted by atomic mass is 9.43. The van der Waals surface area contributed by atoms with Gasteiger partial charge in [0.15, 0.2) is 23.1 Å². The van der Waals surface area contributed by atoms with E-state index in [1.165, 1.54) is 116 Å². The molecule has 0 aromatic rings. The van der Waals surface area contributed by atoms with Gasteiger partial charge in [0.1, 0.15) is 5.78 Å². The van der Waals surface area contributed by atoms with Crippen molar-refractivity contribution in [1.29, 1.82) is 0 Å². The van der Waals surface area contributed by atoms with Crippen LogP contribution >= 0.6 is 12.4 Å². The highest BCUT2D eigenvalue weighted by Crippen LogP contribution is 2.77. The van der Waals surface area contributed by atoms with Gasteiger partial charge in [-0.1, -0.05) is 151 Å². The van der Waals surface area contributed by atoms with Gasteiger partial charge >= 0.3 is 0 Å². The molecule has 0 spiro atoms. The van der Waals surface area contributed by atoms with Crippen LogP contribution in [-0.2, 0) is 42.7 Å². The number of nitrogens with two attached hydrogens (primary N) is 2. The minimum atomic E-state index is -0.598. The molecule has 0 aromatic carbocycles. The molecule has 20 saturated carbocycles. The summed E-state index contributed by atoms with van der Waals surface area (Å²) >= 11 is 0. The predicted octanol–water partition coefficient (Wildman–Crippen LogP) is 26.4. The smallest absolute Gasteiger partial charge is 0.163 e. The van der Waals surface area contributed by atoms with Crippen molar-refractivity contribution in [3.05, 3.63) is 57.0 Å². The maximum atomic E-state index is 12.7. The van der Waals surface area contributed by atoms with Crippen LogP contribution in [0.1, 0.15) is 407 Å². The zero-order valence-electron chi connectivity index (χ0n) is 87.1. The first-order chi connectivity index (χ1) is 62.6. The number of aliphatic hydroxyl groups is 4. The van der Waals surface area contributed by atoms with Crippen molar-refractivity contribution in [1.82, 2.24) is 0 Å². The van der Waals surface area contributed by atoms with Gasteiger partial charge in [0.25, 0.3) is 0 Å². The van der Waals surface area contributed by atoms with E-state index in [0.717, 1.165) is 127 Å². The summed E-state index contributed by atoms with van der Waals surface area (Å²) in [5.74, 6) is 9.30. The molecule has 4 aliphatic heterocycles. The minimum Gasteiger partial charge on any atom is -0.393 e. The highest BCUT2D eigenvalue weighted by Gasteiger charge is 2.75. The summed E-state index contributed by atoms with van der Waals surface area (Å²) < 4.78 is 52.9. The number of halogens is 1. The minimum absolute atomic E-state index is 0. The molecule has 4 heterocycles. The Hall–Kier alpha value is -2.33. The second-order valence-electron chi connectivity index (χ2n) is 54.5. The van der Waals surface area contributed by atoms with Crippen LogP contribution < -0.4 is 11.5 Å². The Morgan fingerprint density at radius 3 is 0.877 bits per heavy atom. The van der Waals surface area contributed by atoms with E-state index in [4.69, 9.17) is 54.9 Å². The SMILES string of the molecule is C.C.C.C.C/C=C1/CCC2C3C(CC[C@]12C)[C@@]1(C)CC[C@@H](N)CC1[C@@H](O)[C@@H]3O.C/C=C1/CCC2C3C(CC[C@]12C)[C@@]1(C)CC[C@@H](N)CC1[C@H]1OC(C)(C)O[C@H]31.C/C=C1/CCC2C3C(CC[C@]12C)[C@@]1(C)CC[C@@H](N=[N+]=[N-])CC1[C@H]1OC(C)(C)O[C@H]31.C/C=C1/CCC2C3C(CC[C@]12C)[C@@]1(C)CC[C@H](O)CC1[C@H]1OC(C)(C)O[C@H]31.CC1(C)O[C@@H]2C3C(CC[C@]4(C)C(=O)CCC34)[C@@]3(C)CC[C@H](O)CC3[C@H]2O1.Cl. The Labute approximate surface area is 843 Å². The molecule has 20 unspecified atom stereocenters. The summed E-state index contributed by atoms with van der Waals surface area (Å²) in [6, 6.07) is 0.636. The highest BCUT2D eigenvalue weighted by atomic mass is 35.5. The van der Waals surface area contributed by atoms with Gasteiger partial charge < -0.3 is 69.8 Å². The molecule has 24 rings (SSSR count). The number of carbonyl (C=O) groups is 1. The van der Waals surface area contributed by atoms with Gasteiger partial charge in [0.2, 0.25) is 0 Å². The largest absolute Gasteiger partial charge is 0.393 e. The summed E-state index contributed by atoms with van der Waals surface area (Å²) in [6.07, 6.45) is 49.2. The lowest BCUT2D eigenvalue weighted by molar-refractivity contribution is -0.210. The van der Waals surface area contributed by atoms with Gasteiger partial charge in [-0.15, -0.1) is 12.4 Å². The summed E-state index contributed by atoms with van der Waals surface area (Å²) in [4.78, 5) is 15.9. The van der Waals surface area contributed by atoms with E-state index in [1.54, 1.807) is 22.3 Å². The van der Waals surface area contributed by atoms with Crippen molar-refractivity contribution in [2.75, 3.05) is 0 Å². The zero-order chi connectivity index (χ0) is 94.7. The summed E-state index contributed by atoms with van der Waals surface area (Å²) in [5, 5.41) is 47.1. The van der Waals surface area contributed by atoms with Crippen LogP contribution in [0.2, 0.25) is 0 Å². The second kappa shape index (κ2) is 38.3. The molecule has 45 atom stereocenters. The zero-order valence-corrected chi connectivity index (χ0v) is 87.9. The van der Waals surface area contributed by atoms with E-state index < -0.39 is 35.4 Å². The number of allylic oxidation sites excluding steroid dienone is 8. The molecule has 0 radical (unpaired) electrons. The molecule has 0 amide bonds. The lowest BCUT2D eigenvalue weighted by Gasteiger charge is -2.63.